The molecule has 1 aromatic rings. The van der Waals surface area contributed by atoms with Crippen molar-refractivity contribution in [1.29, 1.82) is 0 Å². The topological polar surface area (TPSA) is 38.8 Å². The fourth-order valence-electron chi connectivity index (χ4n) is 3.81. The van der Waals surface area contributed by atoms with Crippen LogP contribution in [0.4, 0.5) is 9.18 Å². The summed E-state index contributed by atoms with van der Waals surface area (Å²) in [5.41, 5.74) is 1.28. The van der Waals surface area contributed by atoms with Gasteiger partial charge >= 0.3 is 6.09 Å². The Morgan fingerprint density at radius 2 is 1.68 bits per heavy atom. The van der Waals surface area contributed by atoms with Crippen molar-refractivity contribution in [3.8, 4) is 0 Å². The molecule has 2 heterocycles. The first kappa shape index (κ1) is 18.2. The Morgan fingerprint density at radius 1 is 1.12 bits per heavy atom. The summed E-state index contributed by atoms with van der Waals surface area (Å²) in [4.78, 5) is 14.4. The molecule has 5 heteroatoms. The van der Waals surface area contributed by atoms with Crippen LogP contribution in [0.25, 0.3) is 0 Å². The lowest BCUT2D eigenvalue weighted by Crippen LogP contribution is -2.50. The predicted octanol–water partition coefficient (Wildman–Crippen LogP) is 4.60. The second kappa shape index (κ2) is 7.32. The molecule has 0 saturated carbocycles. The molecule has 0 unspecified atom stereocenters. The summed E-state index contributed by atoms with van der Waals surface area (Å²) >= 11 is 0. The number of piperidine rings is 1. The summed E-state index contributed by atoms with van der Waals surface area (Å²) in [6.45, 7) is 5.79. The first-order chi connectivity index (χ1) is 11.9. The van der Waals surface area contributed by atoms with Gasteiger partial charge in [-0.1, -0.05) is 24.3 Å². The minimum atomic E-state index is -0.463. The molecule has 0 radical (unpaired) electrons. The number of carbonyl (C=O) groups excluding carboxylic acids is 1. The number of hydrogen-bond donors (Lipinski definition) is 0. The van der Waals surface area contributed by atoms with Crippen LogP contribution in [0.3, 0.4) is 0 Å². The fraction of sp³-hybridized carbons (Fsp3) is 0.650. The van der Waals surface area contributed by atoms with E-state index in [0.717, 1.165) is 31.2 Å². The van der Waals surface area contributed by atoms with E-state index in [4.69, 9.17) is 9.47 Å². The van der Waals surface area contributed by atoms with Crippen LogP contribution in [0.2, 0.25) is 0 Å². The molecule has 4 nitrogen and oxygen atoms in total. The molecule has 0 N–H and O–H groups in total. The highest BCUT2D eigenvalue weighted by atomic mass is 19.1. The van der Waals surface area contributed by atoms with Crippen molar-refractivity contribution in [2.24, 2.45) is 0 Å². The molecule has 0 spiro atoms. The highest BCUT2D eigenvalue weighted by Crippen LogP contribution is 2.38. The zero-order valence-corrected chi connectivity index (χ0v) is 15.3. The SMILES string of the molecule is CC(C)(C)OC(=O)N1[C@@H]2CC[C@H]1C[C@@H](OCc1ccc(CF)cc1)C2. The normalized spacial score (nSPS) is 25.9. The van der Waals surface area contributed by atoms with E-state index in [-0.39, 0.29) is 24.3 Å². The Morgan fingerprint density at radius 3 is 2.20 bits per heavy atom. The van der Waals surface area contributed by atoms with E-state index in [9.17, 15) is 9.18 Å². The molecular formula is C20H28FNO3. The van der Waals surface area contributed by atoms with Gasteiger partial charge in [0.1, 0.15) is 12.3 Å². The van der Waals surface area contributed by atoms with Crippen molar-refractivity contribution in [1.82, 2.24) is 4.90 Å². The molecule has 2 saturated heterocycles. The quantitative estimate of drug-likeness (QED) is 0.797. The number of hydrogen-bond acceptors (Lipinski definition) is 3. The molecular weight excluding hydrogens is 321 g/mol. The lowest BCUT2D eigenvalue weighted by molar-refractivity contribution is -0.0396. The van der Waals surface area contributed by atoms with E-state index in [1.54, 1.807) is 12.1 Å². The van der Waals surface area contributed by atoms with Gasteiger partial charge in [-0.25, -0.2) is 9.18 Å². The largest absolute Gasteiger partial charge is 0.444 e. The van der Waals surface area contributed by atoms with Crippen molar-refractivity contribution in [3.63, 3.8) is 0 Å². The van der Waals surface area contributed by atoms with E-state index in [1.807, 2.05) is 37.8 Å². The van der Waals surface area contributed by atoms with E-state index in [0.29, 0.717) is 12.2 Å². The third-order valence-corrected chi connectivity index (χ3v) is 4.96. The predicted molar refractivity (Wildman–Crippen MR) is 93.9 cm³/mol. The van der Waals surface area contributed by atoms with Gasteiger partial charge in [0, 0.05) is 12.1 Å². The van der Waals surface area contributed by atoms with Crippen LogP contribution >= 0.6 is 0 Å². The molecule has 0 aromatic heterocycles. The Bertz CT molecular complexity index is 582. The van der Waals surface area contributed by atoms with Gasteiger partial charge in [-0.05, 0) is 57.6 Å². The summed E-state index contributed by atoms with van der Waals surface area (Å²) in [5.74, 6) is 0. The number of alkyl halides is 1. The summed E-state index contributed by atoms with van der Waals surface area (Å²) < 4.78 is 24.2. The van der Waals surface area contributed by atoms with Gasteiger partial charge in [0.25, 0.3) is 0 Å². The van der Waals surface area contributed by atoms with Crippen molar-refractivity contribution in [3.05, 3.63) is 35.4 Å². The van der Waals surface area contributed by atoms with E-state index in [2.05, 4.69) is 0 Å². The second-order valence-corrected chi connectivity index (χ2v) is 8.13. The van der Waals surface area contributed by atoms with Crippen LogP contribution in [0.1, 0.15) is 57.6 Å². The number of nitrogens with zero attached hydrogens (tertiary/aromatic N) is 1. The van der Waals surface area contributed by atoms with Gasteiger partial charge in [0.15, 0.2) is 0 Å². The van der Waals surface area contributed by atoms with Crippen LogP contribution < -0.4 is 0 Å². The monoisotopic (exact) mass is 349 g/mol. The van der Waals surface area contributed by atoms with Gasteiger partial charge in [-0.3, -0.25) is 0 Å². The first-order valence-electron chi connectivity index (χ1n) is 9.12. The smallest absolute Gasteiger partial charge is 0.410 e. The Balaban J connectivity index is 1.53. The molecule has 3 rings (SSSR count). The third kappa shape index (κ3) is 4.51. The highest BCUT2D eigenvalue weighted by Gasteiger charge is 2.45. The van der Waals surface area contributed by atoms with Crippen LogP contribution in [-0.4, -0.2) is 34.8 Å². The van der Waals surface area contributed by atoms with Gasteiger partial charge < -0.3 is 14.4 Å². The standard InChI is InChI=1S/C20H28FNO3/c1-20(2,3)25-19(23)22-16-8-9-17(22)11-18(10-16)24-13-15-6-4-14(12-21)5-7-15/h4-7,16-18H,8-13H2,1-3H3/t16-,17+,18+. The number of amides is 1. The zero-order chi connectivity index (χ0) is 18.0. The molecule has 2 bridgehead atoms. The molecule has 2 aliphatic heterocycles. The number of halogens is 1. The van der Waals surface area contributed by atoms with Crippen molar-refractivity contribution < 1.29 is 18.7 Å². The number of benzene rings is 1. The number of ether oxygens (including phenoxy) is 2. The molecule has 138 valence electrons. The van der Waals surface area contributed by atoms with Gasteiger partial charge in [-0.15, -0.1) is 0 Å². The second-order valence-electron chi connectivity index (χ2n) is 8.13. The maximum atomic E-state index is 12.6. The van der Waals surface area contributed by atoms with Crippen LogP contribution in [0, 0.1) is 0 Å². The van der Waals surface area contributed by atoms with Gasteiger partial charge in [0.05, 0.1) is 12.7 Å². The molecule has 2 fully saturated rings. The molecule has 1 amide bonds. The fourth-order valence-corrected chi connectivity index (χ4v) is 3.81. The van der Waals surface area contributed by atoms with E-state index in [1.165, 1.54) is 0 Å². The van der Waals surface area contributed by atoms with Crippen LogP contribution in [0.5, 0.6) is 0 Å². The van der Waals surface area contributed by atoms with Gasteiger partial charge in [0.2, 0.25) is 0 Å². The number of fused-ring (bicyclic) bond motifs is 2. The average Bonchev–Trinajstić information content (AvgIpc) is 2.83. The number of carbonyl (C=O) groups is 1. The van der Waals surface area contributed by atoms with Crippen molar-refractivity contribution in [2.45, 2.75) is 83.5 Å². The van der Waals surface area contributed by atoms with E-state index < -0.39 is 12.3 Å². The molecule has 25 heavy (non-hydrogen) atoms. The molecule has 3 atom stereocenters. The summed E-state index contributed by atoms with van der Waals surface area (Å²) in [7, 11) is 0. The minimum absolute atomic E-state index is 0.164. The van der Waals surface area contributed by atoms with Crippen LogP contribution in [-0.2, 0) is 22.8 Å². The maximum Gasteiger partial charge on any atom is 0.410 e. The summed E-state index contributed by atoms with van der Waals surface area (Å²) in [6.07, 6.45) is 3.73. The first-order valence-corrected chi connectivity index (χ1v) is 9.12. The minimum Gasteiger partial charge on any atom is -0.444 e. The number of rotatable bonds is 4. The Labute approximate surface area is 149 Å². The van der Waals surface area contributed by atoms with E-state index >= 15 is 0 Å². The highest BCUT2D eigenvalue weighted by molar-refractivity contribution is 5.69. The average molecular weight is 349 g/mol. The lowest BCUT2D eigenvalue weighted by atomic mass is 10.00. The summed E-state index contributed by atoms with van der Waals surface area (Å²) in [6, 6.07) is 7.86. The lowest BCUT2D eigenvalue weighted by Gasteiger charge is -2.39. The molecule has 2 aliphatic rings. The maximum absolute atomic E-state index is 12.6. The van der Waals surface area contributed by atoms with Crippen molar-refractivity contribution >= 4 is 6.09 Å². The zero-order valence-electron chi connectivity index (χ0n) is 15.3. The molecule has 1 aromatic carbocycles. The summed E-state index contributed by atoms with van der Waals surface area (Å²) in [5, 5.41) is 0. The van der Waals surface area contributed by atoms with Crippen molar-refractivity contribution in [2.75, 3.05) is 0 Å². The Hall–Kier alpha value is -1.62. The van der Waals surface area contributed by atoms with Crippen LogP contribution in [0.15, 0.2) is 24.3 Å². The van der Waals surface area contributed by atoms with Gasteiger partial charge in [-0.2, -0.15) is 0 Å². The Kier molecular flexibility index (Phi) is 5.32. The third-order valence-electron chi connectivity index (χ3n) is 4.96. The molecule has 0 aliphatic carbocycles.